The maximum absolute atomic E-state index is 11.2. The molecule has 0 atom stereocenters. The van der Waals surface area contributed by atoms with Gasteiger partial charge in [0.05, 0.1) is 27.5 Å². The summed E-state index contributed by atoms with van der Waals surface area (Å²) in [7, 11) is 0.923. The van der Waals surface area contributed by atoms with Crippen molar-refractivity contribution in [1.82, 2.24) is 4.57 Å². The van der Waals surface area contributed by atoms with Gasteiger partial charge >= 0.3 is 0 Å². The molecule has 0 aliphatic heterocycles. The van der Waals surface area contributed by atoms with Crippen molar-refractivity contribution in [3.8, 4) is 6.07 Å². The molecular formula is C8H14BF2N3. The first-order valence-corrected chi connectivity index (χ1v) is 3.69. The summed E-state index contributed by atoms with van der Waals surface area (Å²) in [5, 5.41) is 7.47. The van der Waals surface area contributed by atoms with E-state index in [2.05, 4.69) is 24.0 Å². The first-order valence-electron chi connectivity index (χ1n) is 3.69. The quantitative estimate of drug-likeness (QED) is 0.457. The maximum atomic E-state index is 11.2. The summed E-state index contributed by atoms with van der Waals surface area (Å²) in [4.78, 5) is 0. The van der Waals surface area contributed by atoms with Gasteiger partial charge in [-0.25, -0.2) is 17.9 Å². The molecule has 0 saturated heterocycles. The van der Waals surface area contributed by atoms with Crippen LogP contribution in [0.1, 0.15) is 6.92 Å². The van der Waals surface area contributed by atoms with Crippen molar-refractivity contribution in [3.63, 3.8) is 0 Å². The molecule has 0 aromatic carbocycles. The fourth-order valence-electron chi connectivity index (χ4n) is 0.689. The zero-order chi connectivity index (χ0) is 11.2. The molecule has 0 spiro atoms. The SMILES string of the molecule is CCn1cc[n+](C)c1.[BH3-]C(F)(F)C#N. The molecule has 1 aromatic rings. The van der Waals surface area contributed by atoms with Crippen LogP contribution in [0, 0.1) is 11.3 Å². The first kappa shape index (κ1) is 12.6. The summed E-state index contributed by atoms with van der Waals surface area (Å²) in [5.74, 6) is -2.90. The van der Waals surface area contributed by atoms with E-state index in [1.165, 1.54) is 0 Å². The van der Waals surface area contributed by atoms with Crippen LogP contribution in [0.2, 0.25) is 0 Å². The van der Waals surface area contributed by atoms with Gasteiger partial charge in [-0.1, -0.05) is 0 Å². The highest BCUT2D eigenvalue weighted by Crippen LogP contribution is 2.01. The molecule has 78 valence electrons. The number of aromatic nitrogens is 2. The third-order valence-corrected chi connectivity index (χ3v) is 1.27. The number of rotatable bonds is 1. The lowest BCUT2D eigenvalue weighted by Crippen LogP contribution is -2.23. The molecule has 3 nitrogen and oxygen atoms in total. The van der Waals surface area contributed by atoms with E-state index >= 15 is 0 Å². The normalized spacial score (nSPS) is 10.0. The van der Waals surface area contributed by atoms with Gasteiger partial charge in [0.25, 0.3) is 0 Å². The van der Waals surface area contributed by atoms with Crippen LogP contribution in [0.15, 0.2) is 18.7 Å². The van der Waals surface area contributed by atoms with Crippen molar-refractivity contribution in [2.45, 2.75) is 19.3 Å². The number of alkyl halides is 2. The smallest absolute Gasteiger partial charge is 0.240 e. The minimum atomic E-state index is -2.90. The predicted molar refractivity (Wildman–Crippen MR) is 51.8 cm³/mol. The molecule has 0 N–H and O–H groups in total. The highest BCUT2D eigenvalue weighted by atomic mass is 19.3. The number of nitriles is 1. The Morgan fingerprint density at radius 3 is 2.29 bits per heavy atom. The minimum Gasteiger partial charge on any atom is -0.240 e. The Hall–Kier alpha value is -1.38. The number of halogens is 2. The maximum Gasteiger partial charge on any atom is 0.243 e. The third-order valence-electron chi connectivity index (χ3n) is 1.27. The number of hydrogen-bond donors (Lipinski definition) is 0. The number of aryl methyl sites for hydroxylation is 2. The second-order valence-corrected chi connectivity index (χ2v) is 2.28. The summed E-state index contributed by atoms with van der Waals surface area (Å²) in [5.41, 5.74) is 0. The Bertz CT molecular complexity index is 311. The minimum absolute atomic E-state index is 0.882. The molecule has 0 bridgehead atoms. The predicted octanol–water partition coefficient (Wildman–Crippen LogP) is -0.199. The molecule has 0 aliphatic carbocycles. The van der Waals surface area contributed by atoms with Crippen LogP contribution in [0.5, 0.6) is 0 Å². The summed E-state index contributed by atoms with van der Waals surface area (Å²) >= 11 is 0. The first-order chi connectivity index (χ1) is 6.39. The Morgan fingerprint density at radius 1 is 1.64 bits per heavy atom. The summed E-state index contributed by atoms with van der Waals surface area (Å²) < 4.78 is 26.6. The molecule has 1 rings (SSSR count). The lowest BCUT2D eigenvalue weighted by atomic mass is 10.0. The molecule has 0 unspecified atom stereocenters. The lowest BCUT2D eigenvalue weighted by molar-refractivity contribution is -0.671. The van der Waals surface area contributed by atoms with Crippen LogP contribution in [0.3, 0.4) is 0 Å². The van der Waals surface area contributed by atoms with Crippen LogP contribution >= 0.6 is 0 Å². The van der Waals surface area contributed by atoms with Crippen molar-refractivity contribution in [2.75, 3.05) is 0 Å². The Labute approximate surface area is 83.0 Å². The molecule has 0 aliphatic rings. The van der Waals surface area contributed by atoms with E-state index in [0.717, 1.165) is 12.6 Å². The van der Waals surface area contributed by atoms with Crippen molar-refractivity contribution in [1.29, 1.82) is 5.26 Å². The average molecular weight is 201 g/mol. The van der Waals surface area contributed by atoms with Gasteiger partial charge in [-0.05, 0) is 6.92 Å². The van der Waals surface area contributed by atoms with Gasteiger partial charge in [0, 0.05) is 0 Å². The molecule has 0 saturated carbocycles. The topological polar surface area (TPSA) is 32.6 Å². The fourth-order valence-corrected chi connectivity index (χ4v) is 0.689. The van der Waals surface area contributed by atoms with Crippen molar-refractivity contribution < 1.29 is 13.3 Å². The second-order valence-electron chi connectivity index (χ2n) is 2.28. The lowest BCUT2D eigenvalue weighted by Gasteiger charge is -1.98. The van der Waals surface area contributed by atoms with Gasteiger partial charge in [-0.2, -0.15) is 5.26 Å². The molecule has 14 heavy (non-hydrogen) atoms. The van der Waals surface area contributed by atoms with E-state index in [1.54, 1.807) is 0 Å². The van der Waals surface area contributed by atoms with Crippen LogP contribution < -0.4 is 4.57 Å². The van der Waals surface area contributed by atoms with Gasteiger partial charge in [0.2, 0.25) is 6.33 Å². The molecule has 0 fully saturated rings. The summed E-state index contributed by atoms with van der Waals surface area (Å²) in [6, 6.07) is 0.882. The van der Waals surface area contributed by atoms with Gasteiger partial charge in [0.1, 0.15) is 12.4 Å². The molecular weight excluding hydrogens is 187 g/mol. The van der Waals surface area contributed by atoms with E-state index in [9.17, 15) is 8.78 Å². The van der Waals surface area contributed by atoms with E-state index in [0.29, 0.717) is 0 Å². The Morgan fingerprint density at radius 2 is 2.14 bits per heavy atom. The summed E-state index contributed by atoms with van der Waals surface area (Å²) in [6.07, 6.45) is 6.14. The highest BCUT2D eigenvalue weighted by Gasteiger charge is 2.09. The third kappa shape index (κ3) is 6.18. The van der Waals surface area contributed by atoms with E-state index < -0.39 is 13.7 Å². The number of hydrogen-bond acceptors (Lipinski definition) is 1. The molecule has 1 aromatic heterocycles. The van der Waals surface area contributed by atoms with Gasteiger partial charge in [0.15, 0.2) is 5.82 Å². The van der Waals surface area contributed by atoms with E-state index in [4.69, 9.17) is 5.26 Å². The number of imidazole rings is 1. The monoisotopic (exact) mass is 201 g/mol. The average Bonchev–Trinajstić information content (AvgIpc) is 2.51. The zero-order valence-electron chi connectivity index (χ0n) is 7.54. The zero-order valence-corrected chi connectivity index (χ0v) is 7.54. The van der Waals surface area contributed by atoms with Crippen molar-refractivity contribution in [3.05, 3.63) is 18.7 Å². The Kier molecular flexibility index (Phi) is 4.85. The Balaban J connectivity index is 0.000000255. The highest BCUT2D eigenvalue weighted by molar-refractivity contribution is 6.15. The van der Waals surface area contributed by atoms with Gasteiger partial charge in [-0.3, -0.25) is 0 Å². The fraction of sp³-hybridized carbons (Fsp3) is 0.500. The second kappa shape index (κ2) is 5.38. The van der Waals surface area contributed by atoms with Crippen molar-refractivity contribution >= 4 is 7.85 Å². The molecule has 0 amide bonds. The van der Waals surface area contributed by atoms with Crippen LogP contribution in [-0.2, 0) is 13.6 Å². The molecule has 0 radical (unpaired) electrons. The van der Waals surface area contributed by atoms with Gasteiger partial charge in [-0.15, -0.1) is 0 Å². The largest absolute Gasteiger partial charge is 0.243 e. The van der Waals surface area contributed by atoms with E-state index in [-0.39, 0.29) is 0 Å². The van der Waals surface area contributed by atoms with Crippen molar-refractivity contribution in [2.24, 2.45) is 7.05 Å². The molecule has 1 heterocycles. The van der Waals surface area contributed by atoms with Crippen LogP contribution in [-0.4, -0.2) is 18.2 Å². The summed E-state index contributed by atoms with van der Waals surface area (Å²) in [6.45, 7) is 3.18. The number of nitrogens with zero attached hydrogens (tertiary/aromatic N) is 3. The van der Waals surface area contributed by atoms with E-state index in [1.807, 2.05) is 17.8 Å². The molecule has 6 heteroatoms. The van der Waals surface area contributed by atoms with Crippen LogP contribution in [0.25, 0.3) is 0 Å². The van der Waals surface area contributed by atoms with Gasteiger partial charge < -0.3 is 0 Å². The standard InChI is InChI=1S/C6H11N2.C2H3BF2N/c1-3-8-5-4-7(2)6-8;3-2(4,5)1-6/h4-6H,3H2,1-2H3;3H3/q+1;-1. The van der Waals surface area contributed by atoms with Crippen LogP contribution in [0.4, 0.5) is 8.78 Å².